The zero-order valence-electron chi connectivity index (χ0n) is 22.2. The quantitative estimate of drug-likeness (QED) is 0.230. The molecule has 0 bridgehead atoms. The van der Waals surface area contributed by atoms with Gasteiger partial charge in [0.1, 0.15) is 5.58 Å². The largest absolute Gasteiger partial charge is 0.438 e. The topological polar surface area (TPSA) is 38.9 Å². The molecule has 2 heterocycles. The molecule has 0 amide bonds. The van der Waals surface area contributed by atoms with Crippen molar-refractivity contribution in [2.24, 2.45) is 0 Å². The molecule has 0 aliphatic carbocycles. The van der Waals surface area contributed by atoms with Gasteiger partial charge in [0, 0.05) is 16.5 Å². The third kappa shape index (κ3) is 4.16. The van der Waals surface area contributed by atoms with Crippen molar-refractivity contribution in [3.8, 4) is 44.9 Å². The fraction of sp³-hybridized carbons (Fsp3) is 0. The highest BCUT2D eigenvalue weighted by Gasteiger charge is 2.18. The predicted molar refractivity (Wildman–Crippen MR) is 169 cm³/mol. The molecule has 3 heteroatoms. The molecule has 8 aromatic rings. The molecule has 0 unspecified atom stereocenters. The van der Waals surface area contributed by atoms with Crippen LogP contribution in [0.1, 0.15) is 0 Å². The van der Waals surface area contributed by atoms with Gasteiger partial charge in [-0.15, -0.1) is 0 Å². The van der Waals surface area contributed by atoms with Crippen molar-refractivity contribution in [1.29, 1.82) is 0 Å². The molecule has 3 nitrogen and oxygen atoms in total. The maximum atomic E-state index is 6.24. The molecule has 0 spiro atoms. The summed E-state index contributed by atoms with van der Waals surface area (Å²) in [7, 11) is 0. The Bertz CT molecular complexity index is 2210. The SMILES string of the molecule is c1ccc(-c2nc(-c3cccc(-c4cccc(-c5ccc6ccccc6c5)c4)c3)nc3oc4ccccc4c23)cc1. The lowest BCUT2D eigenvalue weighted by Crippen LogP contribution is -1.94. The summed E-state index contributed by atoms with van der Waals surface area (Å²) < 4.78 is 6.24. The van der Waals surface area contributed by atoms with E-state index in [1.54, 1.807) is 0 Å². The van der Waals surface area contributed by atoms with Gasteiger partial charge in [-0.25, -0.2) is 4.98 Å². The average Bonchev–Trinajstić information content (AvgIpc) is 3.43. The van der Waals surface area contributed by atoms with Gasteiger partial charge in [-0.3, -0.25) is 0 Å². The highest BCUT2D eigenvalue weighted by Crippen LogP contribution is 2.37. The Morgan fingerprint density at radius 3 is 1.83 bits per heavy atom. The van der Waals surface area contributed by atoms with Gasteiger partial charge in [0.25, 0.3) is 0 Å². The lowest BCUT2D eigenvalue weighted by molar-refractivity contribution is 0.653. The second-order valence-electron chi connectivity index (χ2n) is 10.3. The summed E-state index contributed by atoms with van der Waals surface area (Å²) in [6, 6.07) is 50.6. The van der Waals surface area contributed by atoms with Crippen LogP contribution in [0.3, 0.4) is 0 Å². The highest BCUT2D eigenvalue weighted by atomic mass is 16.3. The summed E-state index contributed by atoms with van der Waals surface area (Å²) in [6.45, 7) is 0. The van der Waals surface area contributed by atoms with E-state index in [-0.39, 0.29) is 0 Å². The van der Waals surface area contributed by atoms with Crippen LogP contribution in [-0.2, 0) is 0 Å². The minimum Gasteiger partial charge on any atom is -0.438 e. The smallest absolute Gasteiger partial charge is 0.231 e. The van der Waals surface area contributed by atoms with E-state index in [1.807, 2.05) is 36.4 Å². The molecule has 192 valence electrons. The molecule has 0 saturated heterocycles. The first kappa shape index (κ1) is 23.4. The van der Waals surface area contributed by atoms with Crippen molar-refractivity contribution in [2.45, 2.75) is 0 Å². The van der Waals surface area contributed by atoms with Gasteiger partial charge in [0.15, 0.2) is 5.82 Å². The van der Waals surface area contributed by atoms with Gasteiger partial charge < -0.3 is 4.42 Å². The van der Waals surface area contributed by atoms with E-state index in [0.717, 1.165) is 44.3 Å². The first-order chi connectivity index (χ1) is 20.3. The average molecular weight is 525 g/mol. The Balaban J connectivity index is 1.25. The first-order valence-electron chi connectivity index (χ1n) is 13.7. The summed E-state index contributed by atoms with van der Waals surface area (Å²) in [5.74, 6) is 0.642. The zero-order valence-corrected chi connectivity index (χ0v) is 22.2. The van der Waals surface area contributed by atoms with E-state index in [9.17, 15) is 0 Å². The number of aromatic nitrogens is 2. The molecule has 0 N–H and O–H groups in total. The molecule has 0 atom stereocenters. The van der Waals surface area contributed by atoms with Gasteiger partial charge in [0.05, 0.1) is 11.1 Å². The second-order valence-corrected chi connectivity index (χ2v) is 10.3. The van der Waals surface area contributed by atoms with Crippen LogP contribution < -0.4 is 0 Å². The van der Waals surface area contributed by atoms with Crippen molar-refractivity contribution in [3.05, 3.63) is 146 Å². The summed E-state index contributed by atoms with van der Waals surface area (Å²) >= 11 is 0. The maximum absolute atomic E-state index is 6.24. The van der Waals surface area contributed by atoms with E-state index in [2.05, 4.69) is 109 Å². The van der Waals surface area contributed by atoms with Crippen molar-refractivity contribution < 1.29 is 4.42 Å². The molecule has 0 aliphatic heterocycles. The third-order valence-electron chi connectivity index (χ3n) is 7.69. The number of furan rings is 1. The van der Waals surface area contributed by atoms with Gasteiger partial charge in [0.2, 0.25) is 5.71 Å². The van der Waals surface area contributed by atoms with Crippen LogP contribution in [0.15, 0.2) is 150 Å². The molecular formula is C38H24N2O. The standard InChI is InChI=1S/C38H24N2O/c1-2-11-26(12-3-1)36-35-33-18-6-7-19-34(33)41-38(35)40-37(39-36)32-17-9-16-30(24-32)28-14-8-15-29(23-28)31-21-20-25-10-4-5-13-27(25)22-31/h1-24H. The Morgan fingerprint density at radius 1 is 0.415 bits per heavy atom. The molecule has 41 heavy (non-hydrogen) atoms. The molecule has 6 aromatic carbocycles. The van der Waals surface area contributed by atoms with E-state index >= 15 is 0 Å². The fourth-order valence-electron chi connectivity index (χ4n) is 5.64. The van der Waals surface area contributed by atoms with Gasteiger partial charge in [-0.05, 0) is 57.3 Å². The Hall–Kier alpha value is -5.54. The Labute approximate surface area is 237 Å². The van der Waals surface area contributed by atoms with Gasteiger partial charge >= 0.3 is 0 Å². The number of nitrogens with zero attached hydrogens (tertiary/aromatic N) is 2. The number of rotatable bonds is 4. The molecule has 8 rings (SSSR count). The highest BCUT2D eigenvalue weighted by molar-refractivity contribution is 6.10. The maximum Gasteiger partial charge on any atom is 0.231 e. The lowest BCUT2D eigenvalue weighted by Gasteiger charge is -2.10. The number of para-hydroxylation sites is 1. The van der Waals surface area contributed by atoms with Crippen LogP contribution in [0.5, 0.6) is 0 Å². The number of benzene rings is 6. The monoisotopic (exact) mass is 524 g/mol. The minimum absolute atomic E-state index is 0.596. The Kier molecular flexibility index (Phi) is 5.46. The molecule has 0 saturated carbocycles. The first-order valence-corrected chi connectivity index (χ1v) is 13.7. The lowest BCUT2D eigenvalue weighted by atomic mass is 9.96. The van der Waals surface area contributed by atoms with Gasteiger partial charge in [-0.1, -0.05) is 121 Å². The summed E-state index contributed by atoms with van der Waals surface area (Å²) in [5.41, 5.74) is 8.90. The summed E-state index contributed by atoms with van der Waals surface area (Å²) in [6.07, 6.45) is 0. The van der Waals surface area contributed by atoms with Crippen LogP contribution in [0.4, 0.5) is 0 Å². The van der Waals surface area contributed by atoms with Crippen LogP contribution in [-0.4, -0.2) is 9.97 Å². The molecule has 2 aromatic heterocycles. The van der Waals surface area contributed by atoms with Crippen molar-refractivity contribution in [2.75, 3.05) is 0 Å². The van der Waals surface area contributed by atoms with E-state index < -0.39 is 0 Å². The van der Waals surface area contributed by atoms with Crippen LogP contribution in [0.2, 0.25) is 0 Å². The fourth-order valence-corrected chi connectivity index (χ4v) is 5.64. The molecule has 0 aliphatic rings. The third-order valence-corrected chi connectivity index (χ3v) is 7.69. The van der Waals surface area contributed by atoms with Gasteiger partial charge in [-0.2, -0.15) is 4.98 Å². The van der Waals surface area contributed by atoms with Crippen LogP contribution in [0, 0.1) is 0 Å². The van der Waals surface area contributed by atoms with E-state index in [0.29, 0.717) is 11.5 Å². The summed E-state index contributed by atoms with van der Waals surface area (Å²) in [5, 5.41) is 4.45. The number of hydrogen-bond donors (Lipinski definition) is 0. The van der Waals surface area contributed by atoms with Crippen molar-refractivity contribution >= 4 is 32.8 Å². The molecule has 0 fully saturated rings. The zero-order chi connectivity index (χ0) is 27.2. The number of fused-ring (bicyclic) bond motifs is 4. The molecule has 0 radical (unpaired) electrons. The van der Waals surface area contributed by atoms with Crippen molar-refractivity contribution in [1.82, 2.24) is 9.97 Å². The predicted octanol–water partition coefficient (Wildman–Crippen LogP) is 10.2. The molecular weight excluding hydrogens is 500 g/mol. The second kappa shape index (κ2) is 9.58. The van der Waals surface area contributed by atoms with Crippen LogP contribution >= 0.6 is 0 Å². The number of hydrogen-bond acceptors (Lipinski definition) is 3. The van der Waals surface area contributed by atoms with E-state index in [4.69, 9.17) is 14.4 Å². The normalized spacial score (nSPS) is 11.4. The van der Waals surface area contributed by atoms with E-state index in [1.165, 1.54) is 21.9 Å². The van der Waals surface area contributed by atoms with Crippen molar-refractivity contribution in [3.63, 3.8) is 0 Å². The summed E-state index contributed by atoms with van der Waals surface area (Å²) in [4.78, 5) is 10.0. The van der Waals surface area contributed by atoms with Crippen LogP contribution in [0.25, 0.3) is 77.7 Å². The minimum atomic E-state index is 0.596. The Morgan fingerprint density at radius 2 is 1.02 bits per heavy atom.